The van der Waals surface area contributed by atoms with E-state index in [-0.39, 0.29) is 17.4 Å². The van der Waals surface area contributed by atoms with Gasteiger partial charge >= 0.3 is 0 Å². The minimum absolute atomic E-state index is 0.0405. The fourth-order valence-corrected chi connectivity index (χ4v) is 3.14. The second kappa shape index (κ2) is 2.11. The predicted molar refractivity (Wildman–Crippen MR) is 45.6 cm³/mol. The number of rotatable bonds is 1. The zero-order valence-corrected chi connectivity index (χ0v) is 7.76. The summed E-state index contributed by atoms with van der Waals surface area (Å²) in [5, 5.41) is 9.33. The molecule has 2 fully saturated rings. The third-order valence-electron chi connectivity index (χ3n) is 4.41. The van der Waals surface area contributed by atoms with Gasteiger partial charge in [-0.1, -0.05) is 13.8 Å². The van der Waals surface area contributed by atoms with E-state index in [1.807, 2.05) is 0 Å². The van der Waals surface area contributed by atoms with Crippen molar-refractivity contribution in [2.45, 2.75) is 33.1 Å². The van der Waals surface area contributed by atoms with Crippen LogP contribution >= 0.6 is 0 Å². The summed E-state index contributed by atoms with van der Waals surface area (Å²) < 4.78 is 0. The van der Waals surface area contributed by atoms with Crippen LogP contribution in [0.1, 0.15) is 33.1 Å². The second-order valence-corrected chi connectivity index (χ2v) is 4.82. The molecule has 0 heterocycles. The first-order valence-corrected chi connectivity index (χ1v) is 4.69. The number of hydrogen-bond donors (Lipinski definition) is 1. The van der Waals surface area contributed by atoms with Crippen LogP contribution in [0.4, 0.5) is 0 Å². The van der Waals surface area contributed by atoms with E-state index in [9.17, 15) is 9.90 Å². The number of aliphatic hydroxyl groups is 1. The van der Waals surface area contributed by atoms with Crippen molar-refractivity contribution in [3.05, 3.63) is 0 Å². The number of hydrogen-bond acceptors (Lipinski definition) is 2. The zero-order chi connectivity index (χ0) is 8.98. The number of carbonyl (C=O) groups excluding carboxylic acids is 1. The number of aliphatic hydroxyl groups excluding tert-OH is 1. The van der Waals surface area contributed by atoms with Gasteiger partial charge in [0.1, 0.15) is 5.78 Å². The fraction of sp³-hybridized carbons (Fsp3) is 0.900. The normalized spacial score (nSPS) is 43.9. The summed E-state index contributed by atoms with van der Waals surface area (Å²) in [5.74, 6) is 0.823. The summed E-state index contributed by atoms with van der Waals surface area (Å²) in [4.78, 5) is 11.6. The molecule has 0 radical (unpaired) electrons. The minimum atomic E-state index is -0.377. The third kappa shape index (κ3) is 0.634. The summed E-state index contributed by atoms with van der Waals surface area (Å²) in [5.41, 5.74) is -0.337. The molecule has 2 aliphatic rings. The van der Waals surface area contributed by atoms with Gasteiger partial charge in [-0.3, -0.25) is 4.79 Å². The smallest absolute Gasteiger partial charge is 0.142 e. The molecule has 68 valence electrons. The van der Waals surface area contributed by atoms with Gasteiger partial charge in [0, 0.05) is 6.42 Å². The summed E-state index contributed by atoms with van der Waals surface area (Å²) >= 11 is 0. The molecule has 2 atom stereocenters. The molecular weight excluding hydrogens is 152 g/mol. The van der Waals surface area contributed by atoms with E-state index in [1.54, 1.807) is 0 Å². The monoisotopic (exact) mass is 168 g/mol. The van der Waals surface area contributed by atoms with Crippen LogP contribution in [-0.2, 0) is 4.79 Å². The highest BCUT2D eigenvalue weighted by molar-refractivity contribution is 5.89. The molecule has 2 heteroatoms. The molecule has 0 aromatic rings. The molecule has 2 aliphatic carbocycles. The number of Topliss-reactive ketones (excluding diaryl/α,β-unsaturated/α-hetero) is 1. The largest absolute Gasteiger partial charge is 0.395 e. The van der Waals surface area contributed by atoms with E-state index < -0.39 is 0 Å². The molecule has 0 aromatic heterocycles. The minimum Gasteiger partial charge on any atom is -0.395 e. The predicted octanol–water partition coefficient (Wildman–Crippen LogP) is 1.37. The highest BCUT2D eigenvalue weighted by Gasteiger charge is 2.63. The molecule has 1 N–H and O–H groups in total. The van der Waals surface area contributed by atoms with Gasteiger partial charge in [-0.2, -0.15) is 0 Å². The summed E-state index contributed by atoms with van der Waals surface area (Å²) in [7, 11) is 0. The molecule has 0 spiro atoms. The van der Waals surface area contributed by atoms with Crippen molar-refractivity contribution in [1.82, 2.24) is 0 Å². The van der Waals surface area contributed by atoms with Crippen molar-refractivity contribution in [2.75, 3.05) is 6.61 Å². The maximum atomic E-state index is 11.6. The zero-order valence-electron chi connectivity index (χ0n) is 7.76. The Morgan fingerprint density at radius 1 is 1.58 bits per heavy atom. The lowest BCUT2D eigenvalue weighted by molar-refractivity contribution is -0.132. The van der Waals surface area contributed by atoms with E-state index in [0.29, 0.717) is 18.1 Å². The third-order valence-corrected chi connectivity index (χ3v) is 4.41. The van der Waals surface area contributed by atoms with Crippen LogP contribution in [0, 0.1) is 16.7 Å². The van der Waals surface area contributed by atoms with Crippen molar-refractivity contribution in [3.8, 4) is 0 Å². The highest BCUT2D eigenvalue weighted by Crippen LogP contribution is 2.63. The van der Waals surface area contributed by atoms with E-state index in [1.165, 1.54) is 0 Å². The summed E-state index contributed by atoms with van der Waals surface area (Å²) in [6, 6.07) is 0. The van der Waals surface area contributed by atoms with Crippen LogP contribution in [0.2, 0.25) is 0 Å². The number of fused-ring (bicyclic) bond motifs is 2. The van der Waals surface area contributed by atoms with Gasteiger partial charge in [0.15, 0.2) is 0 Å². The Morgan fingerprint density at radius 2 is 2.25 bits per heavy atom. The van der Waals surface area contributed by atoms with Crippen LogP contribution in [-0.4, -0.2) is 17.5 Å². The van der Waals surface area contributed by atoms with Gasteiger partial charge in [0.05, 0.1) is 12.0 Å². The van der Waals surface area contributed by atoms with E-state index in [4.69, 9.17) is 0 Å². The van der Waals surface area contributed by atoms with Gasteiger partial charge in [-0.15, -0.1) is 0 Å². The van der Waals surface area contributed by atoms with Gasteiger partial charge < -0.3 is 5.11 Å². The summed E-state index contributed by atoms with van der Waals surface area (Å²) in [6.07, 6.45) is 2.73. The Kier molecular flexibility index (Phi) is 1.45. The SMILES string of the molecule is CC1(C)[C@H]2CC[C@]1(CO)C(=O)C2. The molecule has 0 unspecified atom stereocenters. The van der Waals surface area contributed by atoms with Crippen molar-refractivity contribution in [2.24, 2.45) is 16.7 Å². The first-order valence-electron chi connectivity index (χ1n) is 4.69. The Balaban J connectivity index is 2.46. The first-order chi connectivity index (χ1) is 5.54. The quantitative estimate of drug-likeness (QED) is 0.642. The molecule has 2 rings (SSSR count). The summed E-state index contributed by atoms with van der Waals surface area (Å²) in [6.45, 7) is 4.31. The Bertz CT molecular complexity index is 232. The van der Waals surface area contributed by atoms with E-state index in [0.717, 1.165) is 12.8 Å². The lowest BCUT2D eigenvalue weighted by Gasteiger charge is -2.34. The Hall–Kier alpha value is -0.370. The van der Waals surface area contributed by atoms with Crippen LogP contribution in [0.15, 0.2) is 0 Å². The second-order valence-electron chi connectivity index (χ2n) is 4.82. The molecule has 12 heavy (non-hydrogen) atoms. The van der Waals surface area contributed by atoms with Crippen LogP contribution in [0.25, 0.3) is 0 Å². The van der Waals surface area contributed by atoms with E-state index in [2.05, 4.69) is 13.8 Å². The van der Waals surface area contributed by atoms with Crippen molar-refractivity contribution in [1.29, 1.82) is 0 Å². The maximum Gasteiger partial charge on any atom is 0.142 e. The Morgan fingerprint density at radius 3 is 2.50 bits per heavy atom. The first kappa shape index (κ1) is 8.24. The lowest BCUT2D eigenvalue weighted by Crippen LogP contribution is -2.39. The van der Waals surface area contributed by atoms with Crippen molar-refractivity contribution in [3.63, 3.8) is 0 Å². The molecule has 0 saturated heterocycles. The maximum absolute atomic E-state index is 11.6. The highest BCUT2D eigenvalue weighted by atomic mass is 16.3. The van der Waals surface area contributed by atoms with Crippen molar-refractivity contribution >= 4 is 5.78 Å². The average molecular weight is 168 g/mol. The average Bonchev–Trinajstić information content (AvgIpc) is 2.36. The molecule has 2 nitrogen and oxygen atoms in total. The lowest BCUT2D eigenvalue weighted by atomic mass is 9.69. The Labute approximate surface area is 73.0 Å². The van der Waals surface area contributed by atoms with Gasteiger partial charge in [0.2, 0.25) is 0 Å². The molecule has 0 amide bonds. The van der Waals surface area contributed by atoms with Gasteiger partial charge in [-0.25, -0.2) is 0 Å². The molecule has 2 saturated carbocycles. The number of ketones is 1. The van der Waals surface area contributed by atoms with E-state index >= 15 is 0 Å². The molecule has 2 bridgehead atoms. The van der Waals surface area contributed by atoms with Crippen LogP contribution in [0.5, 0.6) is 0 Å². The standard InChI is InChI=1S/C10H16O2/c1-9(2)7-3-4-10(9,6-11)8(12)5-7/h7,11H,3-6H2,1-2H3/t7-,10-/m0/s1. The fourth-order valence-electron chi connectivity index (χ4n) is 3.14. The molecule has 0 aromatic carbocycles. The van der Waals surface area contributed by atoms with Crippen molar-refractivity contribution < 1.29 is 9.90 Å². The molecule has 0 aliphatic heterocycles. The molecular formula is C10H16O2. The van der Waals surface area contributed by atoms with Gasteiger partial charge in [-0.05, 0) is 24.2 Å². The topological polar surface area (TPSA) is 37.3 Å². The van der Waals surface area contributed by atoms with Crippen LogP contribution < -0.4 is 0 Å². The van der Waals surface area contributed by atoms with Crippen LogP contribution in [0.3, 0.4) is 0 Å². The van der Waals surface area contributed by atoms with Gasteiger partial charge in [0.25, 0.3) is 0 Å². The number of carbonyl (C=O) groups is 1.